The third-order valence-electron chi connectivity index (χ3n) is 2.81. The predicted molar refractivity (Wildman–Crippen MR) is 73.2 cm³/mol. The second-order valence-electron chi connectivity index (χ2n) is 4.21. The van der Waals surface area contributed by atoms with Gasteiger partial charge in [0.2, 0.25) is 0 Å². The van der Waals surface area contributed by atoms with Crippen LogP contribution in [0.1, 0.15) is 11.1 Å². The average molecular weight is 243 g/mol. The van der Waals surface area contributed by atoms with Crippen LogP contribution in [0.2, 0.25) is 0 Å². The van der Waals surface area contributed by atoms with Gasteiger partial charge >= 0.3 is 0 Å². The summed E-state index contributed by atoms with van der Waals surface area (Å²) in [6.45, 7) is 2.61. The third kappa shape index (κ3) is 2.94. The molecule has 94 valence electrons. The largest absolute Gasteiger partial charge is 0.508 e. The summed E-state index contributed by atoms with van der Waals surface area (Å²) in [6, 6.07) is 13.3. The molecule has 0 saturated heterocycles. The zero-order chi connectivity index (χ0) is 13.0. The molecule has 18 heavy (non-hydrogen) atoms. The lowest BCUT2D eigenvalue weighted by Gasteiger charge is -2.09. The van der Waals surface area contributed by atoms with Crippen molar-refractivity contribution < 1.29 is 9.84 Å². The van der Waals surface area contributed by atoms with Crippen molar-refractivity contribution in [1.29, 1.82) is 0 Å². The molecule has 0 amide bonds. The van der Waals surface area contributed by atoms with E-state index in [0.717, 1.165) is 22.6 Å². The van der Waals surface area contributed by atoms with Crippen molar-refractivity contribution in [1.82, 2.24) is 0 Å². The minimum absolute atomic E-state index is 0.321. The number of hydrogen-bond donors (Lipinski definition) is 2. The van der Waals surface area contributed by atoms with E-state index in [4.69, 9.17) is 4.74 Å². The SMILES string of the molecule is COc1ccc(NCc2cc(C)ccc2O)cc1. The fourth-order valence-electron chi connectivity index (χ4n) is 1.76. The van der Waals surface area contributed by atoms with Gasteiger partial charge in [0.1, 0.15) is 11.5 Å². The minimum atomic E-state index is 0.321. The summed E-state index contributed by atoms with van der Waals surface area (Å²) in [5.41, 5.74) is 3.03. The van der Waals surface area contributed by atoms with E-state index >= 15 is 0 Å². The van der Waals surface area contributed by atoms with Gasteiger partial charge in [0.25, 0.3) is 0 Å². The summed E-state index contributed by atoms with van der Waals surface area (Å²) in [7, 11) is 1.65. The summed E-state index contributed by atoms with van der Waals surface area (Å²) in [6.07, 6.45) is 0. The van der Waals surface area contributed by atoms with Crippen molar-refractivity contribution in [2.75, 3.05) is 12.4 Å². The first-order chi connectivity index (χ1) is 8.69. The van der Waals surface area contributed by atoms with E-state index in [0.29, 0.717) is 12.3 Å². The quantitative estimate of drug-likeness (QED) is 0.865. The maximum atomic E-state index is 9.74. The molecule has 0 spiro atoms. The number of nitrogens with one attached hydrogen (secondary N) is 1. The Morgan fingerprint density at radius 2 is 1.83 bits per heavy atom. The lowest BCUT2D eigenvalue weighted by Crippen LogP contribution is -2.00. The number of anilines is 1. The second kappa shape index (κ2) is 5.45. The highest BCUT2D eigenvalue weighted by atomic mass is 16.5. The molecule has 0 aliphatic rings. The third-order valence-corrected chi connectivity index (χ3v) is 2.81. The summed E-state index contributed by atoms with van der Waals surface area (Å²) in [5, 5.41) is 13.0. The van der Waals surface area contributed by atoms with Crippen LogP contribution in [0.3, 0.4) is 0 Å². The topological polar surface area (TPSA) is 41.5 Å². The molecule has 0 bridgehead atoms. The molecule has 0 aliphatic carbocycles. The Morgan fingerprint density at radius 3 is 2.50 bits per heavy atom. The first-order valence-electron chi connectivity index (χ1n) is 5.85. The number of rotatable bonds is 4. The van der Waals surface area contributed by atoms with Crippen LogP contribution >= 0.6 is 0 Å². The van der Waals surface area contributed by atoms with Crippen molar-refractivity contribution in [3.63, 3.8) is 0 Å². The number of aryl methyl sites for hydroxylation is 1. The molecule has 0 aliphatic heterocycles. The lowest BCUT2D eigenvalue weighted by molar-refractivity contribution is 0.415. The van der Waals surface area contributed by atoms with Crippen molar-refractivity contribution >= 4 is 5.69 Å². The van der Waals surface area contributed by atoms with Gasteiger partial charge < -0.3 is 15.2 Å². The number of benzene rings is 2. The van der Waals surface area contributed by atoms with Crippen molar-refractivity contribution in [2.24, 2.45) is 0 Å². The highest BCUT2D eigenvalue weighted by Crippen LogP contribution is 2.20. The molecular weight excluding hydrogens is 226 g/mol. The smallest absolute Gasteiger partial charge is 0.120 e. The predicted octanol–water partition coefficient (Wildman–Crippen LogP) is 3.32. The fraction of sp³-hybridized carbons (Fsp3) is 0.200. The number of hydrogen-bond acceptors (Lipinski definition) is 3. The van der Waals surface area contributed by atoms with Gasteiger partial charge in [-0.05, 0) is 37.3 Å². The van der Waals surface area contributed by atoms with E-state index in [1.54, 1.807) is 13.2 Å². The number of aromatic hydroxyl groups is 1. The second-order valence-corrected chi connectivity index (χ2v) is 4.21. The van der Waals surface area contributed by atoms with Crippen LogP contribution in [0.5, 0.6) is 11.5 Å². The summed E-state index contributed by atoms with van der Waals surface area (Å²) in [4.78, 5) is 0. The summed E-state index contributed by atoms with van der Waals surface area (Å²) < 4.78 is 5.10. The minimum Gasteiger partial charge on any atom is -0.508 e. The summed E-state index contributed by atoms with van der Waals surface area (Å²) >= 11 is 0. The van der Waals surface area contributed by atoms with Gasteiger partial charge in [-0.15, -0.1) is 0 Å². The Balaban J connectivity index is 2.04. The van der Waals surface area contributed by atoms with Gasteiger partial charge in [-0.3, -0.25) is 0 Å². The molecule has 0 atom stereocenters. The van der Waals surface area contributed by atoms with Gasteiger partial charge in [-0.2, -0.15) is 0 Å². The molecular formula is C15H17NO2. The Kier molecular flexibility index (Phi) is 3.72. The van der Waals surface area contributed by atoms with E-state index in [1.165, 1.54) is 0 Å². The van der Waals surface area contributed by atoms with Crippen molar-refractivity contribution in [2.45, 2.75) is 13.5 Å². The monoisotopic (exact) mass is 243 g/mol. The van der Waals surface area contributed by atoms with Crippen LogP contribution in [0.15, 0.2) is 42.5 Å². The Labute approximate surface area is 107 Å². The summed E-state index contributed by atoms with van der Waals surface area (Å²) in [5.74, 6) is 1.15. The molecule has 0 heterocycles. The maximum Gasteiger partial charge on any atom is 0.120 e. The number of phenols is 1. The van der Waals surface area contributed by atoms with E-state index in [9.17, 15) is 5.11 Å². The molecule has 0 fully saturated rings. The first-order valence-corrected chi connectivity index (χ1v) is 5.85. The van der Waals surface area contributed by atoms with E-state index in [2.05, 4.69) is 5.32 Å². The van der Waals surface area contributed by atoms with Crippen LogP contribution in [-0.2, 0) is 6.54 Å². The zero-order valence-electron chi connectivity index (χ0n) is 10.6. The van der Waals surface area contributed by atoms with Gasteiger partial charge in [-0.25, -0.2) is 0 Å². The van der Waals surface area contributed by atoms with E-state index in [-0.39, 0.29) is 0 Å². The Morgan fingerprint density at radius 1 is 1.11 bits per heavy atom. The van der Waals surface area contributed by atoms with E-state index in [1.807, 2.05) is 43.3 Å². The van der Waals surface area contributed by atoms with Gasteiger partial charge in [0, 0.05) is 17.8 Å². The molecule has 0 aromatic heterocycles. The number of methoxy groups -OCH3 is 1. The standard InChI is InChI=1S/C15H17NO2/c1-11-3-8-15(17)12(9-11)10-16-13-4-6-14(18-2)7-5-13/h3-9,16-17H,10H2,1-2H3. The number of phenolic OH excluding ortho intramolecular Hbond substituents is 1. The van der Waals surface area contributed by atoms with E-state index < -0.39 is 0 Å². The normalized spacial score (nSPS) is 10.1. The molecule has 0 saturated carbocycles. The first kappa shape index (κ1) is 12.3. The highest BCUT2D eigenvalue weighted by Gasteiger charge is 2.01. The zero-order valence-corrected chi connectivity index (χ0v) is 10.6. The van der Waals surface area contributed by atoms with Gasteiger partial charge in [-0.1, -0.05) is 17.7 Å². The van der Waals surface area contributed by atoms with Crippen LogP contribution in [-0.4, -0.2) is 12.2 Å². The highest BCUT2D eigenvalue weighted by molar-refractivity contribution is 5.48. The Hall–Kier alpha value is -2.16. The van der Waals surface area contributed by atoms with Crippen LogP contribution in [0.4, 0.5) is 5.69 Å². The molecule has 3 heteroatoms. The van der Waals surface area contributed by atoms with Gasteiger partial charge in [0.05, 0.1) is 7.11 Å². The average Bonchev–Trinajstić information content (AvgIpc) is 2.40. The molecule has 3 nitrogen and oxygen atoms in total. The van der Waals surface area contributed by atoms with Crippen molar-refractivity contribution in [3.05, 3.63) is 53.6 Å². The van der Waals surface area contributed by atoms with Gasteiger partial charge in [0.15, 0.2) is 0 Å². The molecule has 2 N–H and O–H groups in total. The molecule has 2 rings (SSSR count). The van der Waals surface area contributed by atoms with Crippen LogP contribution < -0.4 is 10.1 Å². The molecule has 0 radical (unpaired) electrons. The maximum absolute atomic E-state index is 9.74. The van der Waals surface area contributed by atoms with Crippen molar-refractivity contribution in [3.8, 4) is 11.5 Å². The lowest BCUT2D eigenvalue weighted by atomic mass is 10.1. The Bertz CT molecular complexity index is 521. The van der Waals surface area contributed by atoms with Crippen LogP contribution in [0, 0.1) is 6.92 Å². The molecule has 2 aromatic rings. The van der Waals surface area contributed by atoms with Crippen LogP contribution in [0.25, 0.3) is 0 Å². The number of ether oxygens (including phenoxy) is 1. The fourth-order valence-corrected chi connectivity index (χ4v) is 1.76. The molecule has 2 aromatic carbocycles. The molecule has 0 unspecified atom stereocenters.